The van der Waals surface area contributed by atoms with Gasteiger partial charge in [0.1, 0.15) is 0 Å². The molecule has 1 heterocycles. The van der Waals surface area contributed by atoms with Crippen molar-refractivity contribution in [3.63, 3.8) is 0 Å². The minimum absolute atomic E-state index is 0.0106. The van der Waals surface area contributed by atoms with Crippen molar-refractivity contribution in [1.29, 1.82) is 0 Å². The van der Waals surface area contributed by atoms with Crippen LogP contribution in [0.25, 0.3) is 0 Å². The van der Waals surface area contributed by atoms with Gasteiger partial charge in [-0.3, -0.25) is 9.69 Å². The molecule has 2 rings (SSSR count). The molecule has 0 aliphatic heterocycles. The predicted molar refractivity (Wildman–Crippen MR) is 107 cm³/mol. The Labute approximate surface area is 156 Å². The number of amides is 1. The third-order valence-electron chi connectivity index (χ3n) is 3.77. The largest absolute Gasteiger partial charge is 0.324 e. The van der Waals surface area contributed by atoms with Crippen LogP contribution in [0.5, 0.6) is 0 Å². The molecular formula is C19H23BrN2OS. The van der Waals surface area contributed by atoms with Crippen LogP contribution in [-0.2, 0) is 17.8 Å². The maximum Gasteiger partial charge on any atom is 0.238 e. The SMILES string of the molecule is C=CCN(CC(=O)Nc1c(C)cccc1CC)Cc1ccc(Br)s1. The summed E-state index contributed by atoms with van der Waals surface area (Å²) in [6.07, 6.45) is 2.73. The second-order valence-corrected chi connectivity index (χ2v) is 8.22. The lowest BCUT2D eigenvalue weighted by molar-refractivity contribution is -0.117. The minimum atomic E-state index is 0.0106. The molecule has 1 amide bonds. The number of anilines is 1. The number of nitrogens with zero attached hydrogens (tertiary/aromatic N) is 1. The van der Waals surface area contributed by atoms with E-state index in [0.29, 0.717) is 13.1 Å². The van der Waals surface area contributed by atoms with E-state index in [0.717, 1.165) is 28.0 Å². The molecule has 3 nitrogen and oxygen atoms in total. The van der Waals surface area contributed by atoms with Crippen LogP contribution in [-0.4, -0.2) is 23.9 Å². The van der Waals surface area contributed by atoms with Crippen molar-refractivity contribution >= 4 is 38.9 Å². The van der Waals surface area contributed by atoms with Gasteiger partial charge in [0.2, 0.25) is 5.91 Å². The van der Waals surface area contributed by atoms with Crippen LogP contribution in [0.15, 0.2) is 46.8 Å². The van der Waals surface area contributed by atoms with Crippen molar-refractivity contribution in [3.05, 3.63) is 62.8 Å². The van der Waals surface area contributed by atoms with Gasteiger partial charge >= 0.3 is 0 Å². The number of para-hydroxylation sites is 1. The van der Waals surface area contributed by atoms with Crippen molar-refractivity contribution in [3.8, 4) is 0 Å². The Bertz CT molecular complexity index is 711. The molecule has 1 aromatic heterocycles. The van der Waals surface area contributed by atoms with Crippen molar-refractivity contribution < 1.29 is 4.79 Å². The maximum atomic E-state index is 12.5. The molecule has 0 atom stereocenters. The van der Waals surface area contributed by atoms with Crippen molar-refractivity contribution in [2.75, 3.05) is 18.4 Å². The number of rotatable bonds is 8. The Balaban J connectivity index is 2.04. The van der Waals surface area contributed by atoms with E-state index >= 15 is 0 Å². The van der Waals surface area contributed by atoms with E-state index in [1.807, 2.05) is 31.2 Å². The van der Waals surface area contributed by atoms with Gasteiger partial charge in [0, 0.05) is 23.7 Å². The van der Waals surface area contributed by atoms with E-state index in [1.165, 1.54) is 10.4 Å². The number of aryl methyl sites for hydroxylation is 2. The molecule has 1 aromatic carbocycles. The number of carbonyl (C=O) groups excluding carboxylic acids is 1. The van der Waals surface area contributed by atoms with Gasteiger partial charge in [0.15, 0.2) is 0 Å². The Kier molecular flexibility index (Phi) is 7.21. The molecule has 0 bridgehead atoms. The molecule has 128 valence electrons. The minimum Gasteiger partial charge on any atom is -0.324 e. The Hall–Kier alpha value is -1.43. The average Bonchev–Trinajstić information content (AvgIpc) is 2.94. The first kappa shape index (κ1) is 18.9. The van der Waals surface area contributed by atoms with Gasteiger partial charge in [-0.25, -0.2) is 0 Å². The molecule has 2 aromatic rings. The van der Waals surface area contributed by atoms with E-state index in [1.54, 1.807) is 11.3 Å². The molecule has 5 heteroatoms. The number of thiophene rings is 1. The highest BCUT2D eigenvalue weighted by molar-refractivity contribution is 9.11. The van der Waals surface area contributed by atoms with Gasteiger partial charge in [0.25, 0.3) is 0 Å². The van der Waals surface area contributed by atoms with Gasteiger partial charge in [-0.1, -0.05) is 31.2 Å². The van der Waals surface area contributed by atoms with E-state index in [2.05, 4.69) is 51.8 Å². The number of carbonyl (C=O) groups is 1. The van der Waals surface area contributed by atoms with Crippen molar-refractivity contribution in [1.82, 2.24) is 4.90 Å². The molecule has 0 saturated heterocycles. The number of halogens is 1. The summed E-state index contributed by atoms with van der Waals surface area (Å²) in [6.45, 7) is 9.69. The molecule has 0 spiro atoms. The third kappa shape index (κ3) is 5.30. The van der Waals surface area contributed by atoms with E-state index in [-0.39, 0.29) is 5.91 Å². The zero-order chi connectivity index (χ0) is 17.5. The average molecular weight is 407 g/mol. The molecule has 24 heavy (non-hydrogen) atoms. The number of hydrogen-bond acceptors (Lipinski definition) is 3. The maximum absolute atomic E-state index is 12.5. The molecule has 0 fully saturated rings. The second-order valence-electron chi connectivity index (χ2n) is 5.67. The van der Waals surface area contributed by atoms with Crippen LogP contribution < -0.4 is 5.32 Å². The molecule has 0 aliphatic rings. The van der Waals surface area contributed by atoms with Gasteiger partial charge < -0.3 is 5.32 Å². The van der Waals surface area contributed by atoms with Crippen LogP contribution in [0, 0.1) is 6.92 Å². The highest BCUT2D eigenvalue weighted by Crippen LogP contribution is 2.24. The topological polar surface area (TPSA) is 32.3 Å². The predicted octanol–water partition coefficient (Wildman–Crippen LogP) is 5.01. The van der Waals surface area contributed by atoms with E-state index in [9.17, 15) is 4.79 Å². The van der Waals surface area contributed by atoms with Crippen molar-refractivity contribution in [2.24, 2.45) is 0 Å². The Morgan fingerprint density at radius 1 is 1.38 bits per heavy atom. The molecule has 0 saturated carbocycles. The summed E-state index contributed by atoms with van der Waals surface area (Å²) in [6, 6.07) is 10.2. The summed E-state index contributed by atoms with van der Waals surface area (Å²) in [5.74, 6) is 0.0106. The van der Waals surface area contributed by atoms with Crippen LogP contribution >= 0.6 is 27.3 Å². The van der Waals surface area contributed by atoms with Crippen LogP contribution in [0.2, 0.25) is 0 Å². The Morgan fingerprint density at radius 3 is 2.79 bits per heavy atom. The van der Waals surface area contributed by atoms with Crippen LogP contribution in [0.3, 0.4) is 0 Å². The molecule has 1 N–H and O–H groups in total. The number of hydrogen-bond donors (Lipinski definition) is 1. The molecule has 0 radical (unpaired) electrons. The van der Waals surface area contributed by atoms with Crippen LogP contribution in [0.1, 0.15) is 22.9 Å². The first-order valence-corrected chi connectivity index (χ1v) is 9.60. The smallest absolute Gasteiger partial charge is 0.238 e. The molecular weight excluding hydrogens is 384 g/mol. The monoisotopic (exact) mass is 406 g/mol. The van der Waals surface area contributed by atoms with Gasteiger partial charge in [-0.2, -0.15) is 0 Å². The van der Waals surface area contributed by atoms with Crippen molar-refractivity contribution in [2.45, 2.75) is 26.8 Å². The lowest BCUT2D eigenvalue weighted by Gasteiger charge is -2.20. The second kappa shape index (κ2) is 9.16. The van der Waals surface area contributed by atoms with Gasteiger partial charge in [-0.15, -0.1) is 17.9 Å². The summed E-state index contributed by atoms with van der Waals surface area (Å²) in [4.78, 5) is 15.8. The van der Waals surface area contributed by atoms with Crippen LogP contribution in [0.4, 0.5) is 5.69 Å². The quantitative estimate of drug-likeness (QED) is 0.624. The highest BCUT2D eigenvalue weighted by atomic mass is 79.9. The van der Waals surface area contributed by atoms with Gasteiger partial charge in [0.05, 0.1) is 10.3 Å². The van der Waals surface area contributed by atoms with Gasteiger partial charge in [-0.05, 0) is 52.5 Å². The summed E-state index contributed by atoms with van der Waals surface area (Å²) < 4.78 is 1.10. The molecule has 0 unspecified atom stereocenters. The van der Waals surface area contributed by atoms with E-state index in [4.69, 9.17) is 0 Å². The lowest BCUT2D eigenvalue weighted by Crippen LogP contribution is -2.33. The third-order valence-corrected chi connectivity index (χ3v) is 5.38. The number of benzene rings is 1. The standard InChI is InChI=1S/C19H23BrN2OS/c1-4-11-22(12-16-9-10-17(20)24-16)13-18(23)21-19-14(3)7-6-8-15(19)5-2/h4,6-10H,1,5,11-13H2,2-3H3,(H,21,23). The normalized spacial score (nSPS) is 10.8. The fourth-order valence-corrected chi connectivity index (χ4v) is 4.13. The Morgan fingerprint density at radius 2 is 2.17 bits per heavy atom. The molecule has 0 aliphatic carbocycles. The zero-order valence-electron chi connectivity index (χ0n) is 14.1. The zero-order valence-corrected chi connectivity index (χ0v) is 16.5. The lowest BCUT2D eigenvalue weighted by atomic mass is 10.1. The summed E-state index contributed by atoms with van der Waals surface area (Å²) in [7, 11) is 0. The summed E-state index contributed by atoms with van der Waals surface area (Å²) in [5.41, 5.74) is 3.21. The number of nitrogens with one attached hydrogen (secondary N) is 1. The fraction of sp³-hybridized carbons (Fsp3) is 0.316. The summed E-state index contributed by atoms with van der Waals surface area (Å²) in [5, 5.41) is 3.09. The van der Waals surface area contributed by atoms with E-state index < -0.39 is 0 Å². The fourth-order valence-electron chi connectivity index (χ4n) is 2.61. The first-order valence-electron chi connectivity index (χ1n) is 7.99. The first-order chi connectivity index (χ1) is 11.5. The summed E-state index contributed by atoms with van der Waals surface area (Å²) >= 11 is 5.17. The highest BCUT2D eigenvalue weighted by Gasteiger charge is 2.14.